The zero-order valence-electron chi connectivity index (χ0n) is 18.1. The maximum absolute atomic E-state index is 12.9. The Morgan fingerprint density at radius 2 is 1.84 bits per heavy atom. The predicted octanol–water partition coefficient (Wildman–Crippen LogP) is 4.16. The highest BCUT2D eigenvalue weighted by Crippen LogP contribution is 2.31. The topological polar surface area (TPSA) is 74.4 Å². The molecule has 162 valence electrons. The fourth-order valence-electron chi connectivity index (χ4n) is 4.48. The lowest BCUT2D eigenvalue weighted by Crippen LogP contribution is -2.39. The fourth-order valence-corrected chi connectivity index (χ4v) is 4.48. The smallest absolute Gasteiger partial charge is 0.356 e. The lowest BCUT2D eigenvalue weighted by molar-refractivity contribution is -0.117. The van der Waals surface area contributed by atoms with Crippen molar-refractivity contribution >= 4 is 28.5 Å². The van der Waals surface area contributed by atoms with E-state index in [1.807, 2.05) is 31.2 Å². The van der Waals surface area contributed by atoms with Crippen LogP contribution in [0.2, 0.25) is 0 Å². The number of benzene rings is 2. The number of methoxy groups -OCH3 is 1. The van der Waals surface area contributed by atoms with E-state index in [4.69, 9.17) is 4.74 Å². The number of H-pyrrole nitrogens is 1. The Morgan fingerprint density at radius 1 is 1.10 bits per heavy atom. The number of hydrogen-bond acceptors (Lipinski definition) is 4. The van der Waals surface area contributed by atoms with Crippen LogP contribution in [0.5, 0.6) is 0 Å². The van der Waals surface area contributed by atoms with Crippen molar-refractivity contribution in [3.05, 3.63) is 65.4 Å². The summed E-state index contributed by atoms with van der Waals surface area (Å²) in [5.41, 5.74) is 3.95. The van der Waals surface area contributed by atoms with Gasteiger partial charge in [0.25, 0.3) is 0 Å². The van der Waals surface area contributed by atoms with E-state index in [0.717, 1.165) is 48.8 Å². The van der Waals surface area contributed by atoms with Crippen LogP contribution in [-0.4, -0.2) is 48.5 Å². The van der Waals surface area contributed by atoms with Gasteiger partial charge < -0.3 is 15.0 Å². The number of piperidine rings is 1. The van der Waals surface area contributed by atoms with E-state index >= 15 is 0 Å². The van der Waals surface area contributed by atoms with Crippen LogP contribution >= 0.6 is 0 Å². The third kappa shape index (κ3) is 4.80. The lowest BCUT2D eigenvalue weighted by Gasteiger charge is -2.31. The number of likely N-dealkylation sites (tertiary alicyclic amines) is 1. The van der Waals surface area contributed by atoms with E-state index in [2.05, 4.69) is 39.5 Å². The van der Waals surface area contributed by atoms with Crippen molar-refractivity contribution < 1.29 is 14.3 Å². The molecule has 1 aromatic heterocycles. The number of hydrogen-bond donors (Lipinski definition) is 2. The number of rotatable bonds is 6. The Kier molecular flexibility index (Phi) is 6.37. The van der Waals surface area contributed by atoms with E-state index in [-0.39, 0.29) is 11.6 Å². The third-order valence-electron chi connectivity index (χ3n) is 6.13. The molecule has 0 unspecified atom stereocenters. The van der Waals surface area contributed by atoms with Crippen LogP contribution in [0.3, 0.4) is 0 Å². The van der Waals surface area contributed by atoms with Crippen LogP contribution < -0.4 is 5.32 Å². The monoisotopic (exact) mass is 419 g/mol. The number of fused-ring (bicyclic) bond motifs is 1. The van der Waals surface area contributed by atoms with Gasteiger partial charge in [0.15, 0.2) is 0 Å². The second-order valence-electron chi connectivity index (χ2n) is 8.32. The number of nitrogens with zero attached hydrogens (tertiary/aromatic N) is 1. The summed E-state index contributed by atoms with van der Waals surface area (Å²) >= 11 is 0. The van der Waals surface area contributed by atoms with Crippen molar-refractivity contribution in [1.29, 1.82) is 0 Å². The Morgan fingerprint density at radius 3 is 2.55 bits per heavy atom. The molecule has 0 aliphatic carbocycles. The van der Waals surface area contributed by atoms with Gasteiger partial charge in [0, 0.05) is 10.9 Å². The van der Waals surface area contributed by atoms with Crippen molar-refractivity contribution in [2.24, 2.45) is 5.92 Å². The van der Waals surface area contributed by atoms with Gasteiger partial charge >= 0.3 is 5.97 Å². The molecule has 1 amide bonds. The molecule has 1 fully saturated rings. The van der Waals surface area contributed by atoms with Gasteiger partial charge in [-0.25, -0.2) is 4.79 Å². The normalized spacial score (nSPS) is 15.2. The van der Waals surface area contributed by atoms with Crippen LogP contribution in [0.1, 0.15) is 34.5 Å². The van der Waals surface area contributed by atoms with Gasteiger partial charge in [-0.05, 0) is 62.4 Å². The van der Waals surface area contributed by atoms with Gasteiger partial charge in [-0.2, -0.15) is 0 Å². The van der Waals surface area contributed by atoms with Crippen molar-refractivity contribution in [1.82, 2.24) is 9.88 Å². The van der Waals surface area contributed by atoms with E-state index in [1.54, 1.807) is 0 Å². The average Bonchev–Trinajstić information content (AvgIpc) is 3.15. The number of aromatic nitrogens is 1. The summed E-state index contributed by atoms with van der Waals surface area (Å²) in [4.78, 5) is 30.4. The fraction of sp³-hybridized carbons (Fsp3) is 0.360. The van der Waals surface area contributed by atoms with Crippen LogP contribution in [-0.2, 0) is 16.0 Å². The molecule has 2 heterocycles. The zero-order valence-corrected chi connectivity index (χ0v) is 18.1. The number of amides is 1. The van der Waals surface area contributed by atoms with Crippen LogP contribution in [0.4, 0.5) is 5.69 Å². The average molecular weight is 420 g/mol. The summed E-state index contributed by atoms with van der Waals surface area (Å²) in [5, 5.41) is 3.82. The van der Waals surface area contributed by atoms with Crippen LogP contribution in [0.25, 0.3) is 10.9 Å². The Bertz CT molecular complexity index is 1070. The number of ether oxygens (including phenoxy) is 1. The summed E-state index contributed by atoms with van der Waals surface area (Å²) in [6.07, 6.45) is 3.27. The number of carbonyl (C=O) groups excluding carboxylic acids is 2. The molecule has 2 aromatic carbocycles. The zero-order chi connectivity index (χ0) is 21.8. The second-order valence-corrected chi connectivity index (χ2v) is 8.32. The van der Waals surface area contributed by atoms with E-state index in [9.17, 15) is 9.59 Å². The number of aryl methyl sites for hydroxylation is 1. The van der Waals surface area contributed by atoms with Crippen molar-refractivity contribution in [3.8, 4) is 0 Å². The molecule has 0 saturated carbocycles. The van der Waals surface area contributed by atoms with Crippen LogP contribution in [0.15, 0.2) is 48.5 Å². The standard InChI is InChI=1S/C25H29N3O3/c1-17-7-6-10-20-22(17)23(24(26-20)25(30)31-2)27-21(29)16-28-13-11-19(12-14-28)15-18-8-4-3-5-9-18/h3-10,19,26H,11-16H2,1-2H3,(H,27,29). The van der Waals surface area contributed by atoms with Gasteiger partial charge in [-0.1, -0.05) is 42.5 Å². The molecule has 1 aliphatic rings. The minimum absolute atomic E-state index is 0.115. The lowest BCUT2D eigenvalue weighted by atomic mass is 9.90. The highest BCUT2D eigenvalue weighted by Gasteiger charge is 2.24. The Hall–Kier alpha value is -3.12. The molecule has 0 bridgehead atoms. The van der Waals surface area contributed by atoms with E-state index < -0.39 is 5.97 Å². The minimum Gasteiger partial charge on any atom is -0.464 e. The second kappa shape index (κ2) is 9.35. The summed E-state index contributed by atoms with van der Waals surface area (Å²) < 4.78 is 4.91. The highest BCUT2D eigenvalue weighted by molar-refractivity contribution is 6.12. The largest absolute Gasteiger partial charge is 0.464 e. The first kappa shape index (κ1) is 21.1. The molecule has 0 atom stereocenters. The molecule has 0 spiro atoms. The predicted molar refractivity (Wildman–Crippen MR) is 122 cm³/mol. The number of anilines is 1. The minimum atomic E-state index is -0.493. The molecular weight excluding hydrogens is 390 g/mol. The highest BCUT2D eigenvalue weighted by atomic mass is 16.5. The van der Waals surface area contributed by atoms with Gasteiger partial charge in [-0.15, -0.1) is 0 Å². The number of carbonyl (C=O) groups is 2. The molecule has 6 nitrogen and oxygen atoms in total. The van der Waals surface area contributed by atoms with Gasteiger partial charge in [-0.3, -0.25) is 9.69 Å². The molecule has 31 heavy (non-hydrogen) atoms. The molecule has 1 saturated heterocycles. The third-order valence-corrected chi connectivity index (χ3v) is 6.13. The molecule has 1 aliphatic heterocycles. The van der Waals surface area contributed by atoms with Crippen molar-refractivity contribution in [2.75, 3.05) is 32.1 Å². The van der Waals surface area contributed by atoms with E-state index in [1.165, 1.54) is 12.7 Å². The van der Waals surface area contributed by atoms with Crippen LogP contribution in [0, 0.1) is 12.8 Å². The first-order chi connectivity index (χ1) is 15.0. The summed E-state index contributed by atoms with van der Waals surface area (Å²) in [6.45, 7) is 4.09. The van der Waals surface area contributed by atoms with Gasteiger partial charge in [0.1, 0.15) is 5.69 Å². The maximum Gasteiger partial charge on any atom is 0.356 e. The van der Waals surface area contributed by atoms with Crippen molar-refractivity contribution in [2.45, 2.75) is 26.2 Å². The SMILES string of the molecule is COC(=O)c1[nH]c2cccc(C)c2c1NC(=O)CN1CCC(Cc2ccccc2)CC1. The quantitative estimate of drug-likeness (QED) is 0.589. The number of esters is 1. The summed E-state index contributed by atoms with van der Waals surface area (Å²) in [6, 6.07) is 16.4. The Balaban J connectivity index is 1.39. The maximum atomic E-state index is 12.9. The first-order valence-electron chi connectivity index (χ1n) is 10.8. The summed E-state index contributed by atoms with van der Waals surface area (Å²) in [5.74, 6) is 0.0485. The van der Waals surface area contributed by atoms with Gasteiger partial charge in [0.05, 0.1) is 19.3 Å². The van der Waals surface area contributed by atoms with E-state index in [0.29, 0.717) is 18.2 Å². The summed E-state index contributed by atoms with van der Waals surface area (Å²) in [7, 11) is 1.34. The molecule has 0 radical (unpaired) electrons. The number of nitrogens with one attached hydrogen (secondary N) is 2. The number of aromatic amines is 1. The van der Waals surface area contributed by atoms with Crippen molar-refractivity contribution in [3.63, 3.8) is 0 Å². The molecule has 3 aromatic rings. The molecule has 4 rings (SSSR count). The van der Waals surface area contributed by atoms with Gasteiger partial charge in [0.2, 0.25) is 5.91 Å². The molecule has 2 N–H and O–H groups in total. The first-order valence-corrected chi connectivity index (χ1v) is 10.8. The molecular formula is C25H29N3O3. The molecule has 6 heteroatoms. The Labute approximate surface area is 182 Å².